The number of benzene rings is 2. The molecule has 0 bridgehead atoms. The highest BCUT2D eigenvalue weighted by Gasteiger charge is 2.31. The van der Waals surface area contributed by atoms with Gasteiger partial charge in [0.1, 0.15) is 12.4 Å². The highest BCUT2D eigenvalue weighted by molar-refractivity contribution is 7.86. The Morgan fingerprint density at radius 1 is 0.745 bits per heavy atom. The molecule has 0 atom stereocenters. The van der Waals surface area contributed by atoms with Crippen molar-refractivity contribution in [3.8, 4) is 0 Å². The molecular weight excluding hydrogens is 780 g/mol. The average Bonchev–Trinajstić information content (AvgIpc) is 3.50. The number of halogens is 4. The quantitative estimate of drug-likeness (QED) is 0.106. The summed E-state index contributed by atoms with van der Waals surface area (Å²) in [7, 11) is -8.29. The molecule has 0 aliphatic carbocycles. The first-order chi connectivity index (χ1) is 24.1. The van der Waals surface area contributed by atoms with Crippen LogP contribution in [0, 0.1) is 0 Å². The van der Waals surface area contributed by atoms with Crippen molar-refractivity contribution < 1.29 is 35.1 Å². The van der Waals surface area contributed by atoms with E-state index in [0.29, 0.717) is 33.2 Å². The molecule has 11 nitrogen and oxygen atoms in total. The Morgan fingerprint density at radius 3 is 1.86 bits per heavy atom. The second kappa shape index (κ2) is 17.8. The van der Waals surface area contributed by atoms with Crippen LogP contribution in [0.2, 0.25) is 20.1 Å². The topological polar surface area (TPSA) is 128 Å². The highest BCUT2D eigenvalue weighted by Crippen LogP contribution is 2.45. The van der Waals surface area contributed by atoms with Gasteiger partial charge in [-0.1, -0.05) is 58.5 Å². The van der Waals surface area contributed by atoms with E-state index < -0.39 is 31.7 Å². The lowest BCUT2D eigenvalue weighted by molar-refractivity contribution is -0.693. The summed E-state index contributed by atoms with van der Waals surface area (Å²) in [6.07, 6.45) is 10.0. The van der Waals surface area contributed by atoms with Crippen LogP contribution in [0.25, 0.3) is 17.1 Å². The van der Waals surface area contributed by atoms with Crippen LogP contribution in [-0.2, 0) is 39.9 Å². The van der Waals surface area contributed by atoms with Crippen LogP contribution in [0.1, 0.15) is 39.4 Å². The van der Waals surface area contributed by atoms with Crippen molar-refractivity contribution in [1.29, 1.82) is 0 Å². The molecule has 17 heteroatoms. The maximum atomic E-state index is 11.4. The summed E-state index contributed by atoms with van der Waals surface area (Å²) in [5.41, 5.74) is 3.10. The molecule has 3 heterocycles. The second-order valence-electron chi connectivity index (χ2n) is 11.5. The summed E-state index contributed by atoms with van der Waals surface area (Å²) in [6, 6.07) is 13.1. The highest BCUT2D eigenvalue weighted by atomic mass is 35.5. The van der Waals surface area contributed by atoms with E-state index in [-0.39, 0.29) is 25.9 Å². The maximum Gasteiger partial charge on any atom is 0.282 e. The van der Waals surface area contributed by atoms with Gasteiger partial charge >= 0.3 is 0 Å². The van der Waals surface area contributed by atoms with E-state index in [4.69, 9.17) is 46.4 Å². The molecule has 276 valence electrons. The van der Waals surface area contributed by atoms with Gasteiger partial charge in [0.2, 0.25) is 0 Å². The maximum absolute atomic E-state index is 11.4. The van der Waals surface area contributed by atoms with E-state index in [1.807, 2.05) is 69.2 Å². The average molecular weight is 822 g/mol. The molecule has 2 aromatic heterocycles. The molecule has 1 aliphatic rings. The fourth-order valence-corrected chi connectivity index (χ4v) is 7.49. The zero-order chi connectivity index (χ0) is 37.5. The molecule has 4 aromatic rings. The Morgan fingerprint density at radius 2 is 1.31 bits per heavy atom. The third-order valence-electron chi connectivity index (χ3n) is 8.14. The Labute approximate surface area is 319 Å². The fraction of sp³-hybridized carbons (Fsp3) is 0.353. The number of fused-ring (bicyclic) bond motifs is 2. The molecule has 51 heavy (non-hydrogen) atoms. The lowest BCUT2D eigenvalue weighted by Crippen LogP contribution is -2.37. The van der Waals surface area contributed by atoms with Crippen molar-refractivity contribution in [1.82, 2.24) is 4.57 Å². The minimum absolute atomic E-state index is 0.163. The summed E-state index contributed by atoms with van der Waals surface area (Å²) >= 11 is 25.4. The molecule has 0 spiro atoms. The van der Waals surface area contributed by atoms with Gasteiger partial charge in [-0.3, -0.25) is 9.11 Å². The molecule has 2 aromatic carbocycles. The van der Waals surface area contributed by atoms with Crippen molar-refractivity contribution in [2.45, 2.75) is 53.2 Å². The van der Waals surface area contributed by atoms with Gasteiger partial charge in [0.05, 0.1) is 56.1 Å². The monoisotopic (exact) mass is 819 g/mol. The molecule has 5 rings (SSSR count). The number of allylic oxidation sites excluding steroid dienone is 2. The summed E-state index contributed by atoms with van der Waals surface area (Å²) in [5, 5.41) is 1.46. The van der Waals surface area contributed by atoms with Gasteiger partial charge in [0.15, 0.2) is 23.4 Å². The number of hydrogen-bond donors (Lipinski definition) is 2. The lowest BCUT2D eigenvalue weighted by atomic mass is 10.2. The SMILES string of the molecule is CCN1C(=CC=Cc2n(CC)c3cc(Cl)c(Cl)cc3[n+]2CCCS(=O)(=O)O)N(CCCS(=O)(=O)O)c2cc(Cl)c(Cl)cc21.CC[n+]1ccccc1. The number of anilines is 2. The summed E-state index contributed by atoms with van der Waals surface area (Å²) in [5.74, 6) is 0.678. The van der Waals surface area contributed by atoms with Crippen LogP contribution in [0.3, 0.4) is 0 Å². The number of aromatic nitrogens is 3. The number of imidazole rings is 1. The zero-order valence-corrected chi connectivity index (χ0v) is 33.0. The summed E-state index contributed by atoms with van der Waals surface area (Å²) in [6.45, 7) is 8.82. The Balaban J connectivity index is 0.000000641. The van der Waals surface area contributed by atoms with Gasteiger partial charge in [-0.05, 0) is 45.4 Å². The number of rotatable bonds is 13. The molecule has 0 radical (unpaired) electrons. The van der Waals surface area contributed by atoms with E-state index in [1.54, 1.807) is 24.3 Å². The van der Waals surface area contributed by atoms with Crippen molar-refractivity contribution in [2.75, 3.05) is 34.4 Å². The Hall–Kier alpha value is -2.88. The Bertz CT molecular complexity index is 2140. The molecule has 0 unspecified atom stereocenters. The first-order valence-corrected chi connectivity index (χ1v) is 21.0. The van der Waals surface area contributed by atoms with Crippen LogP contribution >= 0.6 is 46.4 Å². The molecule has 2 N–H and O–H groups in total. The summed E-state index contributed by atoms with van der Waals surface area (Å²) < 4.78 is 70.3. The van der Waals surface area contributed by atoms with E-state index in [0.717, 1.165) is 40.6 Å². The summed E-state index contributed by atoms with van der Waals surface area (Å²) in [4.78, 5) is 3.94. The van der Waals surface area contributed by atoms with Crippen LogP contribution < -0.4 is 18.9 Å². The van der Waals surface area contributed by atoms with Gasteiger partial charge in [0.25, 0.3) is 26.1 Å². The number of pyridine rings is 1. The second-order valence-corrected chi connectivity index (χ2v) is 16.3. The fourth-order valence-electron chi connectivity index (χ4n) is 5.87. The van der Waals surface area contributed by atoms with Gasteiger partial charge < -0.3 is 9.80 Å². The first kappa shape index (κ1) is 40.9. The van der Waals surface area contributed by atoms with E-state index in [9.17, 15) is 25.9 Å². The molecule has 0 fully saturated rings. The van der Waals surface area contributed by atoms with Gasteiger partial charge in [-0.2, -0.15) is 16.8 Å². The van der Waals surface area contributed by atoms with Gasteiger partial charge in [0, 0.05) is 49.9 Å². The predicted octanol–water partition coefficient (Wildman–Crippen LogP) is 7.31. The van der Waals surface area contributed by atoms with Crippen molar-refractivity contribution in [3.05, 3.63) is 98.7 Å². The molecule has 0 saturated carbocycles. The normalized spacial score (nSPS) is 14.1. The van der Waals surface area contributed by atoms with Crippen molar-refractivity contribution in [2.24, 2.45) is 0 Å². The van der Waals surface area contributed by atoms with Crippen LogP contribution in [-0.4, -0.2) is 55.1 Å². The van der Waals surface area contributed by atoms with E-state index in [2.05, 4.69) is 23.9 Å². The molecule has 1 aliphatic heterocycles. The molecule has 0 saturated heterocycles. The van der Waals surface area contributed by atoms with Crippen molar-refractivity contribution >= 4 is 95.1 Å². The standard InChI is InChI=1S/C27H30Cl4N4O6S2.C7H10N/c1-3-32-22-14-18(28)20(30)16-24(22)34(10-6-12-42(36,37)38)26(32)8-5-9-27-33(4-2)23-15-19(29)21(31)17-25(23)35(27)11-7-13-43(39,40)41;1-2-8-6-4-3-5-7-8/h5,8-9,14-17H,3-4,6-7,10-13H2,1-2H3,(H-,36,37,38,39,40,41);3-7H,2H2,1H3/q;+1/p+1. The van der Waals surface area contributed by atoms with E-state index >= 15 is 0 Å². The smallest absolute Gasteiger partial charge is 0.282 e. The molecule has 0 amide bonds. The van der Waals surface area contributed by atoms with Crippen LogP contribution in [0.5, 0.6) is 0 Å². The van der Waals surface area contributed by atoms with Crippen LogP contribution in [0.15, 0.2) is 72.8 Å². The van der Waals surface area contributed by atoms with Gasteiger partial charge in [-0.25, -0.2) is 13.7 Å². The third kappa shape index (κ3) is 10.6. The van der Waals surface area contributed by atoms with Gasteiger partial charge in [-0.15, -0.1) is 0 Å². The first-order valence-electron chi connectivity index (χ1n) is 16.3. The minimum Gasteiger partial charge on any atom is -0.326 e. The Kier molecular flexibility index (Phi) is 14.2. The zero-order valence-electron chi connectivity index (χ0n) is 28.4. The van der Waals surface area contributed by atoms with Crippen LogP contribution in [0.4, 0.5) is 11.4 Å². The molecular formula is C34H41Cl4N5O6S2+2. The number of nitrogens with zero attached hydrogens (tertiary/aromatic N) is 5. The lowest BCUT2D eigenvalue weighted by Gasteiger charge is -2.24. The minimum atomic E-state index is -4.14. The van der Waals surface area contributed by atoms with E-state index in [1.165, 1.54) is 0 Å². The number of aryl methyl sites for hydroxylation is 3. The third-order valence-corrected chi connectivity index (χ3v) is 11.2. The van der Waals surface area contributed by atoms with Crippen molar-refractivity contribution in [3.63, 3.8) is 0 Å². The predicted molar refractivity (Wildman–Crippen MR) is 206 cm³/mol. The number of hydrogen-bond acceptors (Lipinski definition) is 6. The largest absolute Gasteiger partial charge is 0.326 e.